The van der Waals surface area contributed by atoms with Gasteiger partial charge in [-0.3, -0.25) is 24.0 Å². The van der Waals surface area contributed by atoms with Gasteiger partial charge in [-0.2, -0.15) is 13.2 Å². The predicted octanol–water partition coefficient (Wildman–Crippen LogP) is 0.802. The summed E-state index contributed by atoms with van der Waals surface area (Å²) in [6.07, 6.45) is -6.44. The number of nitrogens with zero attached hydrogens (tertiary/aromatic N) is 2. The summed E-state index contributed by atoms with van der Waals surface area (Å²) >= 11 is 0. The van der Waals surface area contributed by atoms with Gasteiger partial charge < -0.3 is 30.9 Å². The molecule has 3 saturated heterocycles. The third-order valence-electron chi connectivity index (χ3n) is 9.46. The lowest BCUT2D eigenvalue weighted by Gasteiger charge is -2.41. The van der Waals surface area contributed by atoms with Crippen LogP contribution in [-0.4, -0.2) is 107 Å². The number of rotatable bonds is 8. The molecular formula is C28H40F5N5O6. The van der Waals surface area contributed by atoms with Crippen LogP contribution in [0.1, 0.15) is 53.9 Å². The fourth-order valence-electron chi connectivity index (χ4n) is 6.77. The Morgan fingerprint density at radius 3 is 2.20 bits per heavy atom. The van der Waals surface area contributed by atoms with Crippen molar-refractivity contribution >= 4 is 29.5 Å². The van der Waals surface area contributed by atoms with Crippen LogP contribution >= 0.6 is 0 Å². The molecule has 4 rings (SSSR count). The number of aliphatic hydroxyl groups excluding tert-OH is 1. The molecule has 4 fully saturated rings. The number of piperidine rings is 2. The number of fused-ring (bicyclic) bond motifs is 1. The smallest absolute Gasteiger partial charge is 0.381 e. The summed E-state index contributed by atoms with van der Waals surface area (Å²) in [5.41, 5.74) is -1.61. The van der Waals surface area contributed by atoms with Gasteiger partial charge in [-0.1, -0.05) is 34.6 Å². The van der Waals surface area contributed by atoms with Crippen LogP contribution in [0.4, 0.5) is 22.0 Å². The number of carbonyl (C=O) groups excluding carboxylic acids is 5. The van der Waals surface area contributed by atoms with Gasteiger partial charge in [0.15, 0.2) is 6.10 Å². The van der Waals surface area contributed by atoms with E-state index in [2.05, 4.69) is 10.6 Å². The molecule has 4 N–H and O–H groups in total. The van der Waals surface area contributed by atoms with Crippen molar-refractivity contribution in [1.29, 1.82) is 0 Å². The van der Waals surface area contributed by atoms with Gasteiger partial charge in [-0.25, -0.2) is 8.78 Å². The molecule has 4 aliphatic rings. The summed E-state index contributed by atoms with van der Waals surface area (Å²) in [6.45, 7) is 6.75. The first-order valence-corrected chi connectivity index (χ1v) is 14.7. The van der Waals surface area contributed by atoms with E-state index in [4.69, 9.17) is 0 Å². The fourth-order valence-corrected chi connectivity index (χ4v) is 6.77. The number of hydrogen-bond donors (Lipinski definition) is 4. The summed E-state index contributed by atoms with van der Waals surface area (Å²) in [5, 5.41) is 18.0. The second-order valence-corrected chi connectivity index (χ2v) is 14.1. The van der Waals surface area contributed by atoms with E-state index in [1.165, 1.54) is 20.8 Å². The van der Waals surface area contributed by atoms with Gasteiger partial charge in [-0.05, 0) is 41.9 Å². The molecule has 0 aromatic rings. The monoisotopic (exact) mass is 637 g/mol. The molecule has 5 amide bonds. The minimum absolute atomic E-state index is 0.0170. The van der Waals surface area contributed by atoms with Gasteiger partial charge in [0.2, 0.25) is 17.7 Å². The molecule has 0 radical (unpaired) electrons. The zero-order valence-electron chi connectivity index (χ0n) is 25.3. The van der Waals surface area contributed by atoms with Crippen LogP contribution < -0.4 is 16.0 Å². The Morgan fingerprint density at radius 1 is 1.07 bits per heavy atom. The minimum Gasteiger partial charge on any atom is -0.381 e. The van der Waals surface area contributed by atoms with Crippen molar-refractivity contribution in [3.05, 3.63) is 0 Å². The standard InChI is InChI=1S/C28H40F5N5O6/c1-25(2,3)19(36-24(44)28(31,32)33)23(43)38-10-14-16(26(14,4)5)17(38)21(41)35-15(9-13-7-6-8-34-20(13)40)18(39)22(42)37-11-27(29,30)12-37/h13-19,39H,6-12H2,1-5H3,(H,34,40)(H,35,41)(H,36,44)/t13-,14-,15?,16-,17-,18?,19?/m0/s1. The predicted molar refractivity (Wildman–Crippen MR) is 144 cm³/mol. The van der Waals surface area contributed by atoms with Gasteiger partial charge in [0.1, 0.15) is 12.1 Å². The molecule has 11 nitrogen and oxygen atoms in total. The van der Waals surface area contributed by atoms with Crippen molar-refractivity contribution < 1.29 is 51.0 Å². The van der Waals surface area contributed by atoms with Gasteiger partial charge in [0, 0.05) is 19.0 Å². The topological polar surface area (TPSA) is 148 Å². The molecule has 248 valence electrons. The van der Waals surface area contributed by atoms with Crippen LogP contribution in [0.15, 0.2) is 0 Å². The molecule has 0 aromatic heterocycles. The zero-order valence-corrected chi connectivity index (χ0v) is 25.3. The Bertz CT molecular complexity index is 1200. The van der Waals surface area contributed by atoms with Crippen LogP contribution in [0.5, 0.6) is 0 Å². The molecule has 0 aromatic carbocycles. The number of halogens is 5. The number of alkyl halides is 5. The Labute approximate surface area is 251 Å². The summed E-state index contributed by atoms with van der Waals surface area (Å²) in [5.74, 6) is -9.87. The number of carbonyl (C=O) groups is 5. The number of nitrogens with one attached hydrogen (secondary N) is 3. The Kier molecular flexibility index (Phi) is 8.76. The van der Waals surface area contributed by atoms with Crippen LogP contribution in [0.2, 0.25) is 0 Å². The quantitative estimate of drug-likeness (QED) is 0.290. The SMILES string of the molecule is CC(C)(C)C(NC(=O)C(F)(F)F)C(=O)N1C[C@H]2[C@@H]([C@H]1C(=O)NC(C[C@@H]1CCCNC1=O)C(O)C(=O)N1CC(F)(F)C1)C2(C)C. The molecule has 3 heterocycles. The van der Waals surface area contributed by atoms with E-state index in [0.29, 0.717) is 19.4 Å². The summed E-state index contributed by atoms with van der Waals surface area (Å²) in [4.78, 5) is 66.8. The second-order valence-electron chi connectivity index (χ2n) is 14.1. The average Bonchev–Trinajstić information content (AvgIpc) is 3.20. The van der Waals surface area contributed by atoms with Crippen molar-refractivity contribution in [3.8, 4) is 0 Å². The molecule has 1 aliphatic carbocycles. The highest BCUT2D eigenvalue weighted by Crippen LogP contribution is 2.65. The number of hydrogen-bond acceptors (Lipinski definition) is 6. The Balaban J connectivity index is 1.59. The molecule has 3 unspecified atom stereocenters. The Hall–Kier alpha value is -3.04. The maximum absolute atomic E-state index is 13.9. The van der Waals surface area contributed by atoms with E-state index in [-0.39, 0.29) is 24.8 Å². The molecule has 3 aliphatic heterocycles. The van der Waals surface area contributed by atoms with Crippen molar-refractivity contribution in [3.63, 3.8) is 0 Å². The van der Waals surface area contributed by atoms with Gasteiger partial charge >= 0.3 is 12.1 Å². The van der Waals surface area contributed by atoms with Crippen LogP contribution in [-0.2, 0) is 24.0 Å². The van der Waals surface area contributed by atoms with E-state index in [1.54, 1.807) is 5.32 Å². The largest absolute Gasteiger partial charge is 0.471 e. The van der Waals surface area contributed by atoms with Gasteiger partial charge in [0.05, 0.1) is 19.1 Å². The molecule has 1 saturated carbocycles. The fraction of sp³-hybridized carbons (Fsp3) is 0.821. The molecule has 0 spiro atoms. The van der Waals surface area contributed by atoms with E-state index in [1.807, 2.05) is 13.8 Å². The molecule has 16 heteroatoms. The van der Waals surface area contributed by atoms with Gasteiger partial charge in [-0.15, -0.1) is 0 Å². The van der Waals surface area contributed by atoms with Crippen LogP contribution in [0.3, 0.4) is 0 Å². The first-order valence-electron chi connectivity index (χ1n) is 14.7. The summed E-state index contributed by atoms with van der Waals surface area (Å²) in [7, 11) is 0. The van der Waals surface area contributed by atoms with Crippen LogP contribution in [0, 0.1) is 28.6 Å². The second kappa shape index (κ2) is 11.4. The third-order valence-corrected chi connectivity index (χ3v) is 9.46. The number of likely N-dealkylation sites (tertiary alicyclic amines) is 2. The van der Waals surface area contributed by atoms with Crippen molar-refractivity contribution in [2.75, 3.05) is 26.2 Å². The maximum Gasteiger partial charge on any atom is 0.471 e. The van der Waals surface area contributed by atoms with E-state index >= 15 is 0 Å². The van der Waals surface area contributed by atoms with E-state index < -0.39 is 95.7 Å². The lowest BCUT2D eigenvalue weighted by Crippen LogP contribution is -2.64. The third kappa shape index (κ3) is 6.64. The van der Waals surface area contributed by atoms with Crippen molar-refractivity contribution in [2.45, 2.75) is 90.2 Å². The lowest BCUT2D eigenvalue weighted by atomic mass is 9.85. The number of amides is 5. The maximum atomic E-state index is 13.9. The van der Waals surface area contributed by atoms with Crippen molar-refractivity contribution in [2.24, 2.45) is 28.6 Å². The summed E-state index contributed by atoms with van der Waals surface area (Å²) in [6, 6.07) is -4.26. The van der Waals surface area contributed by atoms with Crippen molar-refractivity contribution in [1.82, 2.24) is 25.8 Å². The molecule has 0 bridgehead atoms. The first-order chi connectivity index (χ1) is 20.1. The lowest BCUT2D eigenvalue weighted by molar-refractivity contribution is -0.176. The zero-order chi connectivity index (χ0) is 33.2. The average molecular weight is 638 g/mol. The first kappa shape index (κ1) is 33.8. The van der Waals surface area contributed by atoms with E-state index in [9.17, 15) is 51.0 Å². The highest BCUT2D eigenvalue weighted by molar-refractivity contribution is 5.95. The minimum atomic E-state index is -5.25. The molecule has 7 atom stereocenters. The Morgan fingerprint density at radius 2 is 1.68 bits per heavy atom. The summed E-state index contributed by atoms with van der Waals surface area (Å²) < 4.78 is 66.3. The normalized spacial score (nSPS) is 29.4. The molecular weight excluding hydrogens is 597 g/mol. The highest BCUT2D eigenvalue weighted by atomic mass is 19.4. The van der Waals surface area contributed by atoms with Gasteiger partial charge in [0.25, 0.3) is 11.8 Å². The van der Waals surface area contributed by atoms with Crippen LogP contribution in [0.25, 0.3) is 0 Å². The van der Waals surface area contributed by atoms with E-state index in [0.717, 1.165) is 9.80 Å². The molecule has 44 heavy (non-hydrogen) atoms. The number of aliphatic hydroxyl groups is 1. The highest BCUT2D eigenvalue weighted by Gasteiger charge is 2.70.